The molecule has 0 amide bonds. The second-order valence-electron chi connectivity index (χ2n) is 8.99. The summed E-state index contributed by atoms with van der Waals surface area (Å²) in [5.41, 5.74) is 4.90. The average Bonchev–Trinajstić information content (AvgIpc) is 3.22. The Morgan fingerprint density at radius 2 is 1.83 bits per heavy atom. The molecule has 1 N–H and O–H groups in total. The molecule has 0 aliphatic carbocycles. The van der Waals surface area contributed by atoms with Crippen molar-refractivity contribution in [2.75, 3.05) is 23.5 Å². The zero-order valence-electron chi connectivity index (χ0n) is 20.1. The van der Waals surface area contributed by atoms with Gasteiger partial charge in [-0.25, -0.2) is 9.19 Å². The van der Waals surface area contributed by atoms with Gasteiger partial charge in [0.25, 0.3) is 0 Å². The SMILES string of the molecule is C=S(C)(=O)Nc1nc2cc(-c3ccc(C(C)(C)c4cc(Cl)c(OCCCl)c(C#N)c4)cc3)ccc2s1. The number of aromatic nitrogens is 1. The third kappa shape index (κ3) is 5.63. The number of fused-ring (bicyclic) bond motifs is 1. The van der Waals surface area contributed by atoms with Crippen molar-refractivity contribution in [1.29, 1.82) is 5.26 Å². The quantitative estimate of drug-likeness (QED) is 0.185. The molecule has 1 unspecified atom stereocenters. The molecular weight excluding hydrogens is 533 g/mol. The molecule has 1 heterocycles. The van der Waals surface area contributed by atoms with E-state index in [1.807, 2.05) is 24.3 Å². The van der Waals surface area contributed by atoms with Crippen LogP contribution in [-0.4, -0.2) is 33.8 Å². The molecule has 1 aromatic heterocycles. The maximum Gasteiger partial charge on any atom is 0.195 e. The van der Waals surface area contributed by atoms with E-state index < -0.39 is 15.1 Å². The molecule has 0 aliphatic rings. The van der Waals surface area contributed by atoms with E-state index in [1.165, 1.54) is 11.3 Å². The van der Waals surface area contributed by atoms with E-state index >= 15 is 0 Å². The number of alkyl halides is 1. The zero-order valence-corrected chi connectivity index (χ0v) is 23.2. The summed E-state index contributed by atoms with van der Waals surface area (Å²) in [5, 5.41) is 10.6. The summed E-state index contributed by atoms with van der Waals surface area (Å²) >= 11 is 13.7. The number of nitrogens with zero attached hydrogens (tertiary/aromatic N) is 2. The molecule has 0 radical (unpaired) electrons. The molecule has 0 saturated heterocycles. The standard InChI is InChI=1S/C27H25Cl2N3O2S2/c1-27(2,21-13-19(16-30)25(22(29)15-21)34-12-11-28)20-8-5-17(6-9-20)18-7-10-24-23(14-18)31-26(35-24)32-36(3,4)33/h5-10,13-15H,3,11-12H2,1-2,4H3,(H,31,32,33). The van der Waals surface area contributed by atoms with E-state index in [1.54, 1.807) is 6.26 Å². The first-order chi connectivity index (χ1) is 17.0. The highest BCUT2D eigenvalue weighted by atomic mass is 35.5. The fourth-order valence-corrected chi connectivity index (χ4v) is 6.07. The Balaban J connectivity index is 1.63. The van der Waals surface area contributed by atoms with Crippen molar-refractivity contribution in [1.82, 2.24) is 4.98 Å². The van der Waals surface area contributed by atoms with Crippen molar-refractivity contribution < 1.29 is 8.95 Å². The van der Waals surface area contributed by atoms with Gasteiger partial charge in [-0.15, -0.1) is 11.6 Å². The normalized spacial score (nSPS) is 13.2. The molecule has 0 bridgehead atoms. The number of nitriles is 1. The number of thiazole rings is 1. The van der Waals surface area contributed by atoms with Crippen LogP contribution < -0.4 is 9.46 Å². The summed E-state index contributed by atoms with van der Waals surface area (Å²) in [6, 6.07) is 20.3. The van der Waals surface area contributed by atoms with Gasteiger partial charge in [0, 0.05) is 21.4 Å². The fraction of sp³-hybridized carbons (Fsp3) is 0.222. The summed E-state index contributed by atoms with van der Waals surface area (Å²) in [5.74, 6) is 4.30. The van der Waals surface area contributed by atoms with E-state index in [2.05, 4.69) is 65.8 Å². The van der Waals surface area contributed by atoms with E-state index in [-0.39, 0.29) is 6.61 Å². The number of benzene rings is 3. The van der Waals surface area contributed by atoms with Gasteiger partial charge in [-0.1, -0.05) is 67.1 Å². The van der Waals surface area contributed by atoms with Crippen LogP contribution >= 0.6 is 34.5 Å². The van der Waals surface area contributed by atoms with Crippen LogP contribution in [0.2, 0.25) is 5.02 Å². The number of hydrogen-bond acceptors (Lipinski definition) is 5. The number of anilines is 1. The highest BCUT2D eigenvalue weighted by Gasteiger charge is 2.26. The van der Waals surface area contributed by atoms with Crippen molar-refractivity contribution in [3.05, 3.63) is 76.3 Å². The predicted octanol–water partition coefficient (Wildman–Crippen LogP) is 7.10. The molecule has 186 valence electrons. The van der Waals surface area contributed by atoms with E-state index in [4.69, 9.17) is 27.9 Å². The van der Waals surface area contributed by atoms with Crippen LogP contribution in [0.1, 0.15) is 30.5 Å². The summed E-state index contributed by atoms with van der Waals surface area (Å²) in [7, 11) is -2.38. The maximum absolute atomic E-state index is 12.0. The molecule has 4 aromatic rings. The summed E-state index contributed by atoms with van der Waals surface area (Å²) in [4.78, 5) is 4.56. The number of hydrogen-bond donors (Lipinski definition) is 1. The Hall–Kier alpha value is -2.76. The van der Waals surface area contributed by atoms with Gasteiger partial charge < -0.3 is 4.74 Å². The van der Waals surface area contributed by atoms with Crippen LogP contribution in [0.25, 0.3) is 21.3 Å². The highest BCUT2D eigenvalue weighted by molar-refractivity contribution is 8.01. The van der Waals surface area contributed by atoms with Gasteiger partial charge in [-0.3, -0.25) is 4.72 Å². The molecule has 0 saturated carbocycles. The molecule has 1 atom stereocenters. The Labute approximate surface area is 225 Å². The van der Waals surface area contributed by atoms with E-state index in [9.17, 15) is 9.47 Å². The lowest BCUT2D eigenvalue weighted by Crippen LogP contribution is -2.19. The Bertz CT molecular complexity index is 1570. The van der Waals surface area contributed by atoms with Crippen molar-refractivity contribution in [2.24, 2.45) is 0 Å². The number of ether oxygens (including phenoxy) is 1. The Kier molecular flexibility index (Phi) is 7.53. The minimum Gasteiger partial charge on any atom is -0.489 e. The molecule has 4 rings (SSSR count). The summed E-state index contributed by atoms with van der Waals surface area (Å²) in [6.07, 6.45) is 1.55. The first kappa shape index (κ1) is 26.3. The van der Waals surface area contributed by atoms with Crippen LogP contribution in [0.15, 0.2) is 54.6 Å². The largest absolute Gasteiger partial charge is 0.489 e. The smallest absolute Gasteiger partial charge is 0.195 e. The van der Waals surface area contributed by atoms with Crippen molar-refractivity contribution in [3.8, 4) is 22.9 Å². The van der Waals surface area contributed by atoms with Gasteiger partial charge in [0.15, 0.2) is 10.9 Å². The molecule has 36 heavy (non-hydrogen) atoms. The predicted molar refractivity (Wildman–Crippen MR) is 154 cm³/mol. The molecule has 5 nitrogen and oxygen atoms in total. The first-order valence-corrected chi connectivity index (χ1v) is 14.9. The molecule has 3 aromatic carbocycles. The summed E-state index contributed by atoms with van der Waals surface area (Å²) in [6.45, 7) is 4.47. The van der Waals surface area contributed by atoms with Gasteiger partial charge in [-0.2, -0.15) is 5.26 Å². The van der Waals surface area contributed by atoms with Gasteiger partial charge in [0.2, 0.25) is 0 Å². The lowest BCUT2D eigenvalue weighted by Gasteiger charge is -2.27. The molecule has 0 fully saturated rings. The second kappa shape index (κ2) is 10.3. The third-order valence-electron chi connectivity index (χ3n) is 5.84. The maximum atomic E-state index is 12.0. The minimum atomic E-state index is -2.38. The van der Waals surface area contributed by atoms with Crippen molar-refractivity contribution in [3.63, 3.8) is 0 Å². The average molecular weight is 559 g/mol. The Morgan fingerprint density at radius 3 is 2.47 bits per heavy atom. The third-order valence-corrected chi connectivity index (χ3v) is 7.98. The van der Waals surface area contributed by atoms with Crippen LogP contribution in [0.3, 0.4) is 0 Å². The first-order valence-electron chi connectivity index (χ1n) is 11.1. The zero-order chi connectivity index (χ0) is 26.1. The second-order valence-corrected chi connectivity index (χ2v) is 13.0. The number of nitrogens with one attached hydrogen (secondary N) is 1. The number of halogens is 2. The van der Waals surface area contributed by atoms with Gasteiger partial charge in [-0.05, 0) is 52.4 Å². The van der Waals surface area contributed by atoms with Crippen LogP contribution in [0, 0.1) is 11.3 Å². The van der Waals surface area contributed by atoms with E-state index in [0.29, 0.717) is 27.3 Å². The highest BCUT2D eigenvalue weighted by Crippen LogP contribution is 2.39. The van der Waals surface area contributed by atoms with Gasteiger partial charge in [0.1, 0.15) is 12.7 Å². The minimum absolute atomic E-state index is 0.277. The lowest BCUT2D eigenvalue weighted by atomic mass is 9.77. The molecule has 0 aliphatic heterocycles. The Morgan fingerprint density at radius 1 is 1.14 bits per heavy atom. The molecular formula is C27H25Cl2N3O2S2. The molecule has 9 heteroatoms. The van der Waals surface area contributed by atoms with Crippen LogP contribution in [-0.2, 0) is 15.1 Å². The lowest BCUT2D eigenvalue weighted by molar-refractivity contribution is 0.341. The fourth-order valence-electron chi connectivity index (χ4n) is 3.91. The van der Waals surface area contributed by atoms with E-state index in [0.717, 1.165) is 32.5 Å². The van der Waals surface area contributed by atoms with Crippen LogP contribution in [0.5, 0.6) is 5.75 Å². The molecule has 0 spiro atoms. The number of rotatable bonds is 8. The van der Waals surface area contributed by atoms with Gasteiger partial charge in [0.05, 0.1) is 26.7 Å². The van der Waals surface area contributed by atoms with Crippen molar-refractivity contribution in [2.45, 2.75) is 19.3 Å². The summed E-state index contributed by atoms with van der Waals surface area (Å²) < 4.78 is 21.4. The topological polar surface area (TPSA) is 75.0 Å². The van der Waals surface area contributed by atoms with Crippen LogP contribution in [0.4, 0.5) is 5.13 Å². The van der Waals surface area contributed by atoms with Gasteiger partial charge >= 0.3 is 0 Å². The van der Waals surface area contributed by atoms with Crippen molar-refractivity contribution >= 4 is 65.5 Å². The monoisotopic (exact) mass is 557 g/mol.